The van der Waals surface area contributed by atoms with E-state index in [0.29, 0.717) is 23.6 Å². The fourth-order valence-corrected chi connectivity index (χ4v) is 4.02. The van der Waals surface area contributed by atoms with Crippen LogP contribution in [0.3, 0.4) is 0 Å². The SMILES string of the molecule is COc1cc(Cc2nc(NC(CCCc3ccccc3)C(C)O)c(C)c(=O)[nH]2)cc(OC)c1C. The van der Waals surface area contributed by atoms with Crippen LogP contribution in [-0.2, 0) is 12.8 Å². The molecule has 2 atom stereocenters. The Kier molecular flexibility index (Phi) is 8.71. The molecule has 2 unspecified atom stereocenters. The molecule has 0 saturated heterocycles. The number of aromatic amines is 1. The number of methoxy groups -OCH3 is 2. The number of nitrogens with one attached hydrogen (secondary N) is 2. The highest BCUT2D eigenvalue weighted by Crippen LogP contribution is 2.30. The van der Waals surface area contributed by atoms with Crippen LogP contribution in [-0.4, -0.2) is 41.4 Å². The van der Waals surface area contributed by atoms with E-state index in [0.717, 1.165) is 41.9 Å². The summed E-state index contributed by atoms with van der Waals surface area (Å²) >= 11 is 0. The first-order chi connectivity index (χ1) is 16.3. The van der Waals surface area contributed by atoms with Crippen molar-refractivity contribution in [2.24, 2.45) is 0 Å². The van der Waals surface area contributed by atoms with E-state index < -0.39 is 6.10 Å². The topological polar surface area (TPSA) is 96.5 Å². The predicted molar refractivity (Wildman–Crippen MR) is 135 cm³/mol. The second kappa shape index (κ2) is 11.7. The summed E-state index contributed by atoms with van der Waals surface area (Å²) in [4.78, 5) is 20.2. The second-order valence-corrected chi connectivity index (χ2v) is 8.66. The molecule has 182 valence electrons. The predicted octanol–water partition coefficient (Wildman–Crippen LogP) is 4.18. The lowest BCUT2D eigenvalue weighted by molar-refractivity contribution is 0.166. The van der Waals surface area contributed by atoms with Gasteiger partial charge in [0.05, 0.1) is 31.9 Å². The largest absolute Gasteiger partial charge is 0.496 e. The van der Waals surface area contributed by atoms with Crippen molar-refractivity contribution in [3.63, 3.8) is 0 Å². The maximum absolute atomic E-state index is 12.7. The third-order valence-corrected chi connectivity index (χ3v) is 6.11. The van der Waals surface area contributed by atoms with Crippen molar-refractivity contribution in [2.75, 3.05) is 19.5 Å². The Hall–Kier alpha value is -3.32. The van der Waals surface area contributed by atoms with Crippen molar-refractivity contribution in [2.45, 2.75) is 58.6 Å². The first-order valence-corrected chi connectivity index (χ1v) is 11.6. The average molecular weight is 466 g/mol. The Bertz CT molecular complexity index is 1120. The molecule has 0 radical (unpaired) electrons. The first-order valence-electron chi connectivity index (χ1n) is 11.6. The van der Waals surface area contributed by atoms with Crippen molar-refractivity contribution in [1.29, 1.82) is 0 Å². The van der Waals surface area contributed by atoms with E-state index in [2.05, 4.69) is 22.4 Å². The van der Waals surface area contributed by atoms with Crippen molar-refractivity contribution in [1.82, 2.24) is 9.97 Å². The van der Waals surface area contributed by atoms with Gasteiger partial charge in [0.25, 0.3) is 5.56 Å². The lowest BCUT2D eigenvalue weighted by atomic mass is 10.0. The molecule has 1 heterocycles. The molecule has 7 heteroatoms. The first kappa shape index (κ1) is 25.3. The van der Waals surface area contributed by atoms with E-state index in [1.807, 2.05) is 37.3 Å². The number of nitrogens with zero attached hydrogens (tertiary/aromatic N) is 1. The summed E-state index contributed by atoms with van der Waals surface area (Å²) < 4.78 is 10.9. The summed E-state index contributed by atoms with van der Waals surface area (Å²) in [6.45, 7) is 5.43. The minimum atomic E-state index is -0.592. The summed E-state index contributed by atoms with van der Waals surface area (Å²) in [5.41, 5.74) is 3.39. The van der Waals surface area contributed by atoms with Crippen LogP contribution in [0.2, 0.25) is 0 Å². The molecule has 1 aromatic heterocycles. The molecule has 0 bridgehead atoms. The van der Waals surface area contributed by atoms with E-state index in [9.17, 15) is 9.90 Å². The van der Waals surface area contributed by atoms with Gasteiger partial charge in [-0.1, -0.05) is 30.3 Å². The number of aliphatic hydroxyl groups is 1. The number of benzene rings is 2. The highest BCUT2D eigenvalue weighted by atomic mass is 16.5. The van der Waals surface area contributed by atoms with Crippen LogP contribution in [0, 0.1) is 13.8 Å². The van der Waals surface area contributed by atoms with Crippen LogP contribution in [0.25, 0.3) is 0 Å². The van der Waals surface area contributed by atoms with Gasteiger partial charge in [0.1, 0.15) is 23.1 Å². The Morgan fingerprint density at radius 3 is 2.26 bits per heavy atom. The third kappa shape index (κ3) is 6.38. The number of anilines is 1. The lowest BCUT2D eigenvalue weighted by Gasteiger charge is -2.23. The Balaban J connectivity index is 1.78. The molecule has 3 N–H and O–H groups in total. The normalized spacial score (nSPS) is 12.8. The summed E-state index contributed by atoms with van der Waals surface area (Å²) in [5.74, 6) is 2.46. The van der Waals surface area contributed by atoms with Gasteiger partial charge in [-0.05, 0) is 63.3 Å². The minimum absolute atomic E-state index is 0.202. The molecule has 2 aromatic carbocycles. The molecule has 0 amide bonds. The quantitative estimate of drug-likeness (QED) is 0.393. The molecule has 7 nitrogen and oxygen atoms in total. The molecule has 3 rings (SSSR count). The maximum Gasteiger partial charge on any atom is 0.255 e. The van der Waals surface area contributed by atoms with E-state index in [4.69, 9.17) is 14.5 Å². The van der Waals surface area contributed by atoms with Gasteiger partial charge >= 0.3 is 0 Å². The highest BCUT2D eigenvalue weighted by Gasteiger charge is 2.18. The monoisotopic (exact) mass is 465 g/mol. The van der Waals surface area contributed by atoms with Crippen LogP contribution < -0.4 is 20.3 Å². The number of rotatable bonds is 11. The number of aryl methyl sites for hydroxylation is 1. The van der Waals surface area contributed by atoms with Gasteiger partial charge in [0, 0.05) is 12.0 Å². The van der Waals surface area contributed by atoms with Gasteiger partial charge in [-0.2, -0.15) is 0 Å². The molecule has 0 saturated carbocycles. The van der Waals surface area contributed by atoms with Gasteiger partial charge in [-0.25, -0.2) is 4.98 Å². The van der Waals surface area contributed by atoms with Crippen LogP contribution in [0.5, 0.6) is 11.5 Å². The number of H-pyrrole nitrogens is 1. The summed E-state index contributed by atoms with van der Waals surface area (Å²) in [6.07, 6.45) is 2.40. The zero-order chi connectivity index (χ0) is 24.7. The van der Waals surface area contributed by atoms with E-state index in [1.54, 1.807) is 28.1 Å². The fourth-order valence-electron chi connectivity index (χ4n) is 4.02. The molecule has 0 aliphatic heterocycles. The maximum atomic E-state index is 12.7. The van der Waals surface area contributed by atoms with Crippen molar-refractivity contribution >= 4 is 5.82 Å². The molecular formula is C27H35N3O4. The van der Waals surface area contributed by atoms with Crippen LogP contribution in [0.15, 0.2) is 47.3 Å². The zero-order valence-corrected chi connectivity index (χ0v) is 20.6. The van der Waals surface area contributed by atoms with Gasteiger partial charge in [-0.3, -0.25) is 4.79 Å². The molecular weight excluding hydrogens is 430 g/mol. The standard InChI is InChI=1S/C27H35N3O4/c1-17-23(33-4)14-21(15-24(17)34-5)16-25-29-26(18(2)27(32)30-25)28-22(19(3)31)13-9-12-20-10-7-6-8-11-20/h6-8,10-11,14-15,19,22,31H,9,12-13,16H2,1-5H3,(H2,28,29,30,32). The van der Waals surface area contributed by atoms with E-state index in [-0.39, 0.29) is 11.6 Å². The van der Waals surface area contributed by atoms with Gasteiger partial charge in [-0.15, -0.1) is 0 Å². The average Bonchev–Trinajstić information content (AvgIpc) is 2.82. The third-order valence-electron chi connectivity index (χ3n) is 6.11. The summed E-state index contributed by atoms with van der Waals surface area (Å²) in [5, 5.41) is 13.7. The molecule has 0 aliphatic carbocycles. The number of ether oxygens (including phenoxy) is 2. The Morgan fingerprint density at radius 2 is 1.68 bits per heavy atom. The smallest absolute Gasteiger partial charge is 0.255 e. The summed E-state index contributed by atoms with van der Waals surface area (Å²) in [7, 11) is 3.24. The van der Waals surface area contributed by atoms with Crippen molar-refractivity contribution < 1.29 is 14.6 Å². The number of aromatic nitrogens is 2. The zero-order valence-electron chi connectivity index (χ0n) is 20.6. The summed E-state index contributed by atoms with van der Waals surface area (Å²) in [6, 6.07) is 13.9. The van der Waals surface area contributed by atoms with Crippen molar-refractivity contribution in [3.05, 3.63) is 80.9 Å². The van der Waals surface area contributed by atoms with Gasteiger partial charge in [0.2, 0.25) is 0 Å². The molecule has 0 spiro atoms. The van der Waals surface area contributed by atoms with Crippen molar-refractivity contribution in [3.8, 4) is 11.5 Å². The Labute approximate surface area is 201 Å². The number of hydrogen-bond donors (Lipinski definition) is 3. The number of hydrogen-bond acceptors (Lipinski definition) is 6. The second-order valence-electron chi connectivity index (χ2n) is 8.66. The number of aliphatic hydroxyl groups excluding tert-OH is 1. The van der Waals surface area contributed by atoms with E-state index in [1.165, 1.54) is 5.56 Å². The molecule has 0 aliphatic rings. The fraction of sp³-hybridized carbons (Fsp3) is 0.407. The molecule has 34 heavy (non-hydrogen) atoms. The lowest BCUT2D eigenvalue weighted by Crippen LogP contribution is -2.33. The van der Waals surface area contributed by atoms with Crippen LogP contribution >= 0.6 is 0 Å². The highest BCUT2D eigenvalue weighted by molar-refractivity contribution is 5.48. The Morgan fingerprint density at radius 1 is 1.03 bits per heavy atom. The van der Waals surface area contributed by atoms with Crippen LogP contribution in [0.4, 0.5) is 5.82 Å². The van der Waals surface area contributed by atoms with Gasteiger partial charge in [0.15, 0.2) is 0 Å². The van der Waals surface area contributed by atoms with Gasteiger partial charge < -0.3 is 24.9 Å². The molecule has 3 aromatic rings. The molecule has 0 fully saturated rings. The van der Waals surface area contributed by atoms with E-state index >= 15 is 0 Å². The van der Waals surface area contributed by atoms with Crippen LogP contribution in [0.1, 0.15) is 47.8 Å². The minimum Gasteiger partial charge on any atom is -0.496 e.